The predicted molar refractivity (Wildman–Crippen MR) is 82.6 cm³/mol. The molecule has 0 saturated carbocycles. The third kappa shape index (κ3) is 3.18. The zero-order chi connectivity index (χ0) is 14.0. The molecule has 0 amide bonds. The Balaban J connectivity index is 2.41. The topological polar surface area (TPSA) is 9.23 Å². The fourth-order valence-corrected chi connectivity index (χ4v) is 2.96. The Labute approximate surface area is 129 Å². The number of aryl methyl sites for hydroxylation is 1. The number of alkyl halides is 1. The van der Waals surface area contributed by atoms with Crippen molar-refractivity contribution in [3.05, 3.63) is 63.4 Å². The Morgan fingerprint density at radius 2 is 1.89 bits per heavy atom. The molecule has 0 bridgehead atoms. The summed E-state index contributed by atoms with van der Waals surface area (Å²) in [5.41, 5.74) is 2.63. The van der Waals surface area contributed by atoms with Crippen molar-refractivity contribution in [1.29, 1.82) is 0 Å². The Kier molecular flexibility index (Phi) is 4.63. The van der Waals surface area contributed by atoms with Gasteiger partial charge in [0.1, 0.15) is 11.6 Å². The molecule has 1 unspecified atom stereocenters. The summed E-state index contributed by atoms with van der Waals surface area (Å²) in [5, 5.41) is 0. The van der Waals surface area contributed by atoms with Crippen LogP contribution in [0, 0.1) is 12.7 Å². The van der Waals surface area contributed by atoms with Gasteiger partial charge in [0.15, 0.2) is 0 Å². The van der Waals surface area contributed by atoms with Crippen LogP contribution >= 0.6 is 31.9 Å². The summed E-state index contributed by atoms with van der Waals surface area (Å²) in [6.45, 7) is 1.97. The average molecular weight is 388 g/mol. The highest BCUT2D eigenvalue weighted by Gasteiger charge is 2.16. The zero-order valence-electron chi connectivity index (χ0n) is 10.6. The highest BCUT2D eigenvalue weighted by atomic mass is 79.9. The molecule has 0 N–H and O–H groups in total. The molecule has 0 aliphatic heterocycles. The van der Waals surface area contributed by atoms with Crippen molar-refractivity contribution in [2.24, 2.45) is 0 Å². The van der Waals surface area contributed by atoms with E-state index < -0.39 is 0 Å². The molecule has 4 heteroatoms. The van der Waals surface area contributed by atoms with Crippen molar-refractivity contribution in [3.8, 4) is 5.75 Å². The molecule has 0 aliphatic carbocycles. The number of benzene rings is 2. The Hall–Kier alpha value is -0.870. The van der Waals surface area contributed by atoms with Gasteiger partial charge in [-0.15, -0.1) is 0 Å². The molecule has 1 nitrogen and oxygen atoms in total. The smallest absolute Gasteiger partial charge is 0.127 e. The summed E-state index contributed by atoms with van der Waals surface area (Å²) in [4.78, 5) is -0.186. The molecule has 0 heterocycles. The van der Waals surface area contributed by atoms with Crippen LogP contribution in [0.25, 0.3) is 0 Å². The zero-order valence-corrected chi connectivity index (χ0v) is 13.8. The summed E-state index contributed by atoms with van der Waals surface area (Å²) in [6.07, 6.45) is 0. The van der Waals surface area contributed by atoms with E-state index in [4.69, 9.17) is 4.74 Å². The van der Waals surface area contributed by atoms with Gasteiger partial charge in [-0.1, -0.05) is 44.0 Å². The SMILES string of the molecule is COc1ccc(C(Br)c2cc(Br)ccc2F)cc1C. The third-order valence-electron chi connectivity index (χ3n) is 2.94. The van der Waals surface area contributed by atoms with Crippen LogP contribution in [0.15, 0.2) is 40.9 Å². The monoisotopic (exact) mass is 386 g/mol. The Morgan fingerprint density at radius 3 is 2.53 bits per heavy atom. The first-order valence-corrected chi connectivity index (χ1v) is 7.47. The summed E-state index contributed by atoms with van der Waals surface area (Å²) in [6, 6.07) is 10.8. The molecule has 0 saturated heterocycles. The number of hydrogen-bond donors (Lipinski definition) is 0. The summed E-state index contributed by atoms with van der Waals surface area (Å²) in [7, 11) is 1.64. The Bertz CT molecular complexity index is 599. The van der Waals surface area contributed by atoms with Crippen LogP contribution in [0.3, 0.4) is 0 Å². The largest absolute Gasteiger partial charge is 0.496 e. The van der Waals surface area contributed by atoms with Gasteiger partial charge in [0.25, 0.3) is 0 Å². The second-order valence-corrected chi connectivity index (χ2v) is 6.09. The van der Waals surface area contributed by atoms with Crippen LogP contribution < -0.4 is 4.74 Å². The van der Waals surface area contributed by atoms with Crippen LogP contribution in [0.2, 0.25) is 0 Å². The van der Waals surface area contributed by atoms with E-state index in [-0.39, 0.29) is 10.6 Å². The lowest BCUT2D eigenvalue weighted by molar-refractivity contribution is 0.411. The van der Waals surface area contributed by atoms with Crippen LogP contribution in [0.1, 0.15) is 21.5 Å². The Morgan fingerprint density at radius 1 is 1.16 bits per heavy atom. The van der Waals surface area contributed by atoms with Gasteiger partial charge >= 0.3 is 0 Å². The fourth-order valence-electron chi connectivity index (χ4n) is 1.95. The van der Waals surface area contributed by atoms with E-state index in [1.54, 1.807) is 19.2 Å². The lowest BCUT2D eigenvalue weighted by Gasteiger charge is -2.14. The average Bonchev–Trinajstić information content (AvgIpc) is 2.40. The summed E-state index contributed by atoms with van der Waals surface area (Å²) in [5.74, 6) is 0.608. The summed E-state index contributed by atoms with van der Waals surface area (Å²) < 4.78 is 20.0. The molecular formula is C15H13Br2FO. The molecule has 100 valence electrons. The molecule has 19 heavy (non-hydrogen) atoms. The molecular weight excluding hydrogens is 375 g/mol. The van der Waals surface area contributed by atoms with E-state index in [1.165, 1.54) is 6.07 Å². The molecule has 0 fully saturated rings. The standard InChI is InChI=1S/C15H13Br2FO/c1-9-7-10(3-6-14(9)19-2)15(17)12-8-11(16)4-5-13(12)18/h3-8,15H,1-2H3. The molecule has 0 aromatic heterocycles. The van der Waals surface area contributed by atoms with Gasteiger partial charge in [-0.3, -0.25) is 0 Å². The van der Waals surface area contributed by atoms with Gasteiger partial charge in [0, 0.05) is 10.0 Å². The van der Waals surface area contributed by atoms with E-state index in [0.717, 1.165) is 21.3 Å². The molecule has 0 spiro atoms. The number of rotatable bonds is 3. The predicted octanol–water partition coefficient (Wildman–Crippen LogP) is 5.39. The van der Waals surface area contributed by atoms with Gasteiger partial charge in [-0.25, -0.2) is 4.39 Å². The normalized spacial score (nSPS) is 12.3. The van der Waals surface area contributed by atoms with Crippen molar-refractivity contribution in [2.45, 2.75) is 11.8 Å². The molecule has 0 aliphatic rings. The molecule has 2 aromatic rings. The van der Waals surface area contributed by atoms with Gasteiger partial charge < -0.3 is 4.74 Å². The van der Waals surface area contributed by atoms with Crippen molar-refractivity contribution in [3.63, 3.8) is 0 Å². The molecule has 2 aromatic carbocycles. The maximum Gasteiger partial charge on any atom is 0.127 e. The number of hydrogen-bond acceptors (Lipinski definition) is 1. The maximum absolute atomic E-state index is 13.9. The quantitative estimate of drug-likeness (QED) is 0.641. The summed E-state index contributed by atoms with van der Waals surface area (Å²) >= 11 is 6.93. The van der Waals surface area contributed by atoms with Crippen molar-refractivity contribution < 1.29 is 9.13 Å². The van der Waals surface area contributed by atoms with Gasteiger partial charge in [-0.05, 0) is 42.3 Å². The van der Waals surface area contributed by atoms with Crippen molar-refractivity contribution in [1.82, 2.24) is 0 Å². The molecule has 0 radical (unpaired) electrons. The first kappa shape index (κ1) is 14.5. The third-order valence-corrected chi connectivity index (χ3v) is 4.46. The van der Waals surface area contributed by atoms with Crippen LogP contribution in [-0.4, -0.2) is 7.11 Å². The highest BCUT2D eigenvalue weighted by Crippen LogP contribution is 2.35. The van der Waals surface area contributed by atoms with E-state index in [0.29, 0.717) is 5.56 Å². The highest BCUT2D eigenvalue weighted by molar-refractivity contribution is 9.10. The minimum absolute atomic E-state index is 0.186. The lowest BCUT2D eigenvalue weighted by atomic mass is 10.0. The number of ether oxygens (including phenoxy) is 1. The van der Waals surface area contributed by atoms with E-state index in [2.05, 4.69) is 31.9 Å². The van der Waals surface area contributed by atoms with E-state index >= 15 is 0 Å². The first-order valence-electron chi connectivity index (χ1n) is 5.76. The van der Waals surface area contributed by atoms with Gasteiger partial charge in [0.2, 0.25) is 0 Å². The maximum atomic E-state index is 13.9. The molecule has 2 rings (SSSR count). The number of halogens is 3. The van der Waals surface area contributed by atoms with Crippen LogP contribution in [0.4, 0.5) is 4.39 Å². The van der Waals surface area contributed by atoms with Gasteiger partial charge in [-0.2, -0.15) is 0 Å². The second kappa shape index (κ2) is 6.06. The number of methoxy groups -OCH3 is 1. The molecule has 1 atom stereocenters. The fraction of sp³-hybridized carbons (Fsp3) is 0.200. The van der Waals surface area contributed by atoms with E-state index in [9.17, 15) is 4.39 Å². The minimum atomic E-state index is -0.224. The second-order valence-electron chi connectivity index (χ2n) is 4.26. The lowest BCUT2D eigenvalue weighted by Crippen LogP contribution is -1.98. The first-order chi connectivity index (χ1) is 9.02. The van der Waals surface area contributed by atoms with Gasteiger partial charge in [0.05, 0.1) is 11.9 Å². The van der Waals surface area contributed by atoms with Crippen molar-refractivity contribution in [2.75, 3.05) is 7.11 Å². The van der Waals surface area contributed by atoms with Crippen LogP contribution in [0.5, 0.6) is 5.75 Å². The minimum Gasteiger partial charge on any atom is -0.496 e. The van der Waals surface area contributed by atoms with Crippen LogP contribution in [-0.2, 0) is 0 Å². The van der Waals surface area contributed by atoms with E-state index in [1.807, 2.05) is 25.1 Å². The van der Waals surface area contributed by atoms with Crippen molar-refractivity contribution >= 4 is 31.9 Å².